The second kappa shape index (κ2) is 8.41. The highest BCUT2D eigenvalue weighted by Gasteiger charge is 2.33. The van der Waals surface area contributed by atoms with Gasteiger partial charge >= 0.3 is 18.0 Å². The molecule has 0 aromatic rings. The lowest BCUT2D eigenvalue weighted by atomic mass is 9.84. The fraction of sp³-hybridized carbons (Fsp3) is 0.667. The minimum Gasteiger partial charge on any atom is -0.481 e. The number of rotatable bonds is 7. The summed E-state index contributed by atoms with van der Waals surface area (Å²) in [4.78, 5) is 34.5. The SMILES string of the molecule is C=C(C)[C@@H](CNC(=O)OC)[C@H](CC(=O)OC(C)(C)C)C(=O)O. The van der Waals surface area contributed by atoms with E-state index in [2.05, 4.69) is 16.6 Å². The lowest BCUT2D eigenvalue weighted by Gasteiger charge is -2.26. The summed E-state index contributed by atoms with van der Waals surface area (Å²) in [6.07, 6.45) is -0.972. The molecule has 0 fully saturated rings. The maximum atomic E-state index is 11.9. The van der Waals surface area contributed by atoms with Crippen LogP contribution in [-0.4, -0.2) is 42.4 Å². The molecule has 126 valence electrons. The number of amides is 1. The van der Waals surface area contributed by atoms with E-state index in [-0.39, 0.29) is 13.0 Å². The average Bonchev–Trinajstić information content (AvgIpc) is 2.34. The van der Waals surface area contributed by atoms with E-state index in [1.54, 1.807) is 27.7 Å². The molecule has 0 aliphatic carbocycles. The Kier molecular flexibility index (Phi) is 7.62. The lowest BCUT2D eigenvalue weighted by Crippen LogP contribution is -2.38. The first-order valence-corrected chi connectivity index (χ1v) is 6.89. The number of ether oxygens (including phenoxy) is 2. The molecule has 2 N–H and O–H groups in total. The summed E-state index contributed by atoms with van der Waals surface area (Å²) < 4.78 is 9.60. The summed E-state index contributed by atoms with van der Waals surface area (Å²) in [5, 5.41) is 11.8. The molecule has 1 amide bonds. The van der Waals surface area contributed by atoms with Gasteiger partial charge in [-0.3, -0.25) is 9.59 Å². The Morgan fingerprint density at radius 1 is 1.23 bits per heavy atom. The third-order valence-electron chi connectivity index (χ3n) is 2.89. The van der Waals surface area contributed by atoms with Crippen LogP contribution in [0.3, 0.4) is 0 Å². The third kappa shape index (κ3) is 7.66. The molecule has 0 unspecified atom stereocenters. The van der Waals surface area contributed by atoms with Crippen molar-refractivity contribution in [1.29, 1.82) is 0 Å². The Morgan fingerprint density at radius 2 is 1.77 bits per heavy atom. The summed E-state index contributed by atoms with van der Waals surface area (Å²) >= 11 is 0. The number of carbonyl (C=O) groups excluding carboxylic acids is 2. The van der Waals surface area contributed by atoms with Crippen LogP contribution in [-0.2, 0) is 19.1 Å². The fourth-order valence-corrected chi connectivity index (χ4v) is 1.89. The van der Waals surface area contributed by atoms with Crippen molar-refractivity contribution in [2.75, 3.05) is 13.7 Å². The molecular formula is C15H25NO6. The molecule has 0 saturated carbocycles. The molecule has 22 heavy (non-hydrogen) atoms. The summed E-state index contributed by atoms with van der Waals surface area (Å²) in [6, 6.07) is 0. The molecule has 0 saturated heterocycles. The Hall–Kier alpha value is -2.05. The van der Waals surface area contributed by atoms with Crippen molar-refractivity contribution in [1.82, 2.24) is 5.32 Å². The van der Waals surface area contributed by atoms with Crippen molar-refractivity contribution < 1.29 is 29.0 Å². The highest BCUT2D eigenvalue weighted by atomic mass is 16.6. The number of esters is 1. The van der Waals surface area contributed by atoms with Gasteiger partial charge in [0.25, 0.3) is 0 Å². The van der Waals surface area contributed by atoms with E-state index in [4.69, 9.17) is 4.74 Å². The molecule has 0 radical (unpaired) electrons. The first-order chi connectivity index (χ1) is 9.97. The fourth-order valence-electron chi connectivity index (χ4n) is 1.89. The van der Waals surface area contributed by atoms with Crippen molar-refractivity contribution in [2.45, 2.75) is 39.7 Å². The molecule has 0 spiro atoms. The molecule has 0 aromatic heterocycles. The summed E-state index contributed by atoms with van der Waals surface area (Å²) in [6.45, 7) is 10.5. The quantitative estimate of drug-likeness (QED) is 0.550. The number of nitrogens with one attached hydrogen (secondary N) is 1. The molecule has 0 aromatic carbocycles. The third-order valence-corrected chi connectivity index (χ3v) is 2.89. The Balaban J connectivity index is 4.99. The number of carboxylic acid groups (broad SMARTS) is 1. The maximum Gasteiger partial charge on any atom is 0.406 e. The van der Waals surface area contributed by atoms with E-state index in [9.17, 15) is 19.5 Å². The van der Waals surface area contributed by atoms with Crippen molar-refractivity contribution in [2.24, 2.45) is 11.8 Å². The largest absolute Gasteiger partial charge is 0.481 e. The number of alkyl carbamates (subject to hydrolysis) is 1. The van der Waals surface area contributed by atoms with Crippen molar-refractivity contribution in [3.05, 3.63) is 12.2 Å². The molecule has 0 aliphatic rings. The smallest absolute Gasteiger partial charge is 0.406 e. The normalized spacial score (nSPS) is 13.7. The molecular weight excluding hydrogens is 290 g/mol. The van der Waals surface area contributed by atoms with Gasteiger partial charge in [-0.05, 0) is 27.7 Å². The monoisotopic (exact) mass is 315 g/mol. The second-order valence-electron chi connectivity index (χ2n) is 6.06. The van der Waals surface area contributed by atoms with Gasteiger partial charge in [-0.15, -0.1) is 0 Å². The van der Waals surface area contributed by atoms with Crippen LogP contribution in [0, 0.1) is 11.8 Å². The van der Waals surface area contributed by atoms with Crippen molar-refractivity contribution in [3.63, 3.8) is 0 Å². The van der Waals surface area contributed by atoms with Crippen LogP contribution in [0.1, 0.15) is 34.1 Å². The lowest BCUT2D eigenvalue weighted by molar-refractivity contribution is -0.160. The van der Waals surface area contributed by atoms with E-state index in [1.807, 2.05) is 0 Å². The number of carbonyl (C=O) groups is 3. The van der Waals surface area contributed by atoms with Gasteiger partial charge in [0.2, 0.25) is 0 Å². The Bertz CT molecular complexity index is 438. The molecule has 2 atom stereocenters. The second-order valence-corrected chi connectivity index (χ2v) is 6.06. The van der Waals surface area contributed by atoms with Crippen LogP contribution < -0.4 is 5.32 Å². The predicted molar refractivity (Wildman–Crippen MR) is 80.3 cm³/mol. The standard InChI is InChI=1S/C15H25NO6/c1-9(2)11(8-16-14(20)21-6)10(13(18)19)7-12(17)22-15(3,4)5/h10-11H,1,7-8H2,2-6H3,(H,16,20)(H,18,19)/t10-,11+/m0/s1. The Morgan fingerprint density at radius 3 is 2.14 bits per heavy atom. The minimum atomic E-state index is -1.15. The van der Waals surface area contributed by atoms with E-state index in [0.29, 0.717) is 5.57 Å². The van der Waals surface area contributed by atoms with Crippen LogP contribution in [0.25, 0.3) is 0 Å². The number of hydrogen-bond acceptors (Lipinski definition) is 5. The highest BCUT2D eigenvalue weighted by Crippen LogP contribution is 2.24. The van der Waals surface area contributed by atoms with Crippen LogP contribution >= 0.6 is 0 Å². The molecule has 7 heteroatoms. The molecule has 0 aliphatic heterocycles. The average molecular weight is 315 g/mol. The van der Waals surface area contributed by atoms with Crippen molar-refractivity contribution in [3.8, 4) is 0 Å². The van der Waals surface area contributed by atoms with Gasteiger partial charge in [0, 0.05) is 12.5 Å². The van der Waals surface area contributed by atoms with Gasteiger partial charge in [-0.25, -0.2) is 4.79 Å². The number of carboxylic acids is 1. The summed E-state index contributed by atoms with van der Waals surface area (Å²) in [7, 11) is 1.21. The van der Waals surface area contributed by atoms with E-state index >= 15 is 0 Å². The zero-order chi connectivity index (χ0) is 17.5. The number of methoxy groups -OCH3 is 1. The minimum absolute atomic E-state index is 0.0156. The van der Waals surface area contributed by atoms with Crippen LogP contribution in [0.5, 0.6) is 0 Å². The first kappa shape index (κ1) is 19.9. The van der Waals surface area contributed by atoms with Gasteiger partial charge in [-0.1, -0.05) is 12.2 Å². The number of hydrogen-bond donors (Lipinski definition) is 2. The molecule has 7 nitrogen and oxygen atoms in total. The van der Waals surface area contributed by atoms with Crippen LogP contribution in [0.4, 0.5) is 4.79 Å². The molecule has 0 bridgehead atoms. The van der Waals surface area contributed by atoms with Crippen molar-refractivity contribution >= 4 is 18.0 Å². The maximum absolute atomic E-state index is 11.9. The van der Waals surface area contributed by atoms with E-state index in [1.165, 1.54) is 7.11 Å². The predicted octanol–water partition coefficient (Wildman–Crippen LogP) is 1.97. The molecule has 0 heterocycles. The summed E-state index contributed by atoms with van der Waals surface area (Å²) in [5.41, 5.74) is -0.143. The first-order valence-electron chi connectivity index (χ1n) is 6.89. The Labute approximate surface area is 130 Å². The van der Waals surface area contributed by atoms with Gasteiger partial charge in [0.1, 0.15) is 5.60 Å². The number of aliphatic carboxylic acids is 1. The van der Waals surface area contributed by atoms with E-state index < -0.39 is 35.5 Å². The van der Waals surface area contributed by atoms with Gasteiger partial charge in [-0.2, -0.15) is 0 Å². The zero-order valence-corrected chi connectivity index (χ0v) is 13.8. The summed E-state index contributed by atoms with van der Waals surface area (Å²) in [5.74, 6) is -3.40. The molecule has 0 rings (SSSR count). The van der Waals surface area contributed by atoms with Gasteiger partial charge < -0.3 is 19.9 Å². The topological polar surface area (TPSA) is 102 Å². The zero-order valence-electron chi connectivity index (χ0n) is 13.8. The van der Waals surface area contributed by atoms with E-state index in [0.717, 1.165) is 0 Å². The van der Waals surface area contributed by atoms with Crippen LogP contribution in [0.15, 0.2) is 12.2 Å². The van der Waals surface area contributed by atoms with Crippen LogP contribution in [0.2, 0.25) is 0 Å². The highest BCUT2D eigenvalue weighted by molar-refractivity contribution is 5.79. The van der Waals surface area contributed by atoms with Gasteiger partial charge in [0.15, 0.2) is 0 Å². The van der Waals surface area contributed by atoms with Gasteiger partial charge in [0.05, 0.1) is 19.4 Å².